The maximum absolute atomic E-state index is 12.1. The fourth-order valence-corrected chi connectivity index (χ4v) is 3.85. The molecule has 0 spiro atoms. The van der Waals surface area contributed by atoms with Gasteiger partial charge in [0.15, 0.2) is 0 Å². The highest BCUT2D eigenvalue weighted by atomic mass is 16.1. The van der Waals surface area contributed by atoms with E-state index in [-0.39, 0.29) is 17.5 Å². The first-order valence-electron chi connectivity index (χ1n) is 9.19. The minimum Gasteiger partial charge on any atom is -0.370 e. The van der Waals surface area contributed by atoms with Gasteiger partial charge in [-0.2, -0.15) is 5.10 Å². The fraction of sp³-hybridized carbons (Fsp3) is 0.722. The van der Waals surface area contributed by atoms with Crippen molar-refractivity contribution in [2.75, 3.05) is 18.0 Å². The van der Waals surface area contributed by atoms with Crippen LogP contribution in [0.4, 0.5) is 5.69 Å². The maximum atomic E-state index is 12.1. The van der Waals surface area contributed by atoms with Crippen molar-refractivity contribution >= 4 is 11.6 Å². The second-order valence-corrected chi connectivity index (χ2v) is 7.19. The van der Waals surface area contributed by atoms with Gasteiger partial charge in [0.2, 0.25) is 5.91 Å². The van der Waals surface area contributed by atoms with Gasteiger partial charge >= 0.3 is 0 Å². The number of nitrogens with zero attached hydrogens (tertiary/aromatic N) is 3. The van der Waals surface area contributed by atoms with Crippen LogP contribution in [-0.4, -0.2) is 34.8 Å². The summed E-state index contributed by atoms with van der Waals surface area (Å²) >= 11 is 0. The number of aryl methyl sites for hydroxylation is 1. The van der Waals surface area contributed by atoms with Crippen LogP contribution in [0.3, 0.4) is 0 Å². The van der Waals surface area contributed by atoms with E-state index < -0.39 is 0 Å². The van der Waals surface area contributed by atoms with Crippen molar-refractivity contribution in [1.82, 2.24) is 15.1 Å². The zero-order valence-corrected chi connectivity index (χ0v) is 14.5. The van der Waals surface area contributed by atoms with Crippen molar-refractivity contribution in [3.8, 4) is 0 Å². The number of rotatable bonds is 5. The Labute approximate surface area is 143 Å². The van der Waals surface area contributed by atoms with E-state index in [0.29, 0.717) is 6.42 Å². The molecule has 24 heavy (non-hydrogen) atoms. The zero-order chi connectivity index (χ0) is 16.9. The van der Waals surface area contributed by atoms with Gasteiger partial charge in [-0.3, -0.25) is 9.59 Å². The van der Waals surface area contributed by atoms with Gasteiger partial charge in [0.25, 0.3) is 5.56 Å². The van der Waals surface area contributed by atoms with E-state index in [1.165, 1.54) is 30.4 Å². The van der Waals surface area contributed by atoms with E-state index in [0.717, 1.165) is 44.0 Å². The van der Waals surface area contributed by atoms with E-state index in [4.69, 9.17) is 0 Å². The number of amides is 1. The summed E-state index contributed by atoms with van der Waals surface area (Å²) < 4.78 is 1.33. The molecule has 0 bridgehead atoms. The standard InChI is InChI=1S/C18H28N4O2/c1-21-18(24)12-16(13-19-21)22-10-8-15(9-11-22)20-17(23)7-6-14-4-2-3-5-14/h12-15H,2-11H2,1H3,(H,20,23). The van der Waals surface area contributed by atoms with Crippen molar-refractivity contribution in [1.29, 1.82) is 0 Å². The second kappa shape index (κ2) is 7.81. The number of anilines is 1. The lowest BCUT2D eigenvalue weighted by atomic mass is 10.0. The number of piperidine rings is 1. The predicted octanol–water partition coefficient (Wildman–Crippen LogP) is 1.84. The normalized spacial score (nSPS) is 19.6. The van der Waals surface area contributed by atoms with Crippen molar-refractivity contribution in [2.45, 2.75) is 57.4 Å². The molecule has 6 nitrogen and oxygen atoms in total. The minimum absolute atomic E-state index is 0.0881. The third kappa shape index (κ3) is 4.36. The number of aromatic nitrogens is 2. The SMILES string of the molecule is Cn1ncc(N2CCC(NC(=O)CCC3CCCC3)CC2)cc1=O. The summed E-state index contributed by atoms with van der Waals surface area (Å²) in [6, 6.07) is 1.89. The molecule has 2 heterocycles. The fourth-order valence-electron chi connectivity index (χ4n) is 3.85. The smallest absolute Gasteiger partial charge is 0.268 e. The van der Waals surface area contributed by atoms with Crippen LogP contribution < -0.4 is 15.8 Å². The van der Waals surface area contributed by atoms with E-state index in [9.17, 15) is 9.59 Å². The molecule has 1 saturated heterocycles. The van der Waals surface area contributed by atoms with Gasteiger partial charge in [0, 0.05) is 38.7 Å². The molecule has 0 aromatic carbocycles. The Kier molecular flexibility index (Phi) is 5.53. The van der Waals surface area contributed by atoms with Gasteiger partial charge in [0.05, 0.1) is 11.9 Å². The largest absolute Gasteiger partial charge is 0.370 e. The average Bonchev–Trinajstić information content (AvgIpc) is 3.10. The van der Waals surface area contributed by atoms with Crippen LogP contribution in [0.25, 0.3) is 0 Å². The lowest BCUT2D eigenvalue weighted by Gasteiger charge is -2.33. The van der Waals surface area contributed by atoms with Crippen LogP contribution in [0.5, 0.6) is 0 Å². The average molecular weight is 332 g/mol. The number of carbonyl (C=O) groups is 1. The number of nitrogens with one attached hydrogen (secondary N) is 1. The Morgan fingerprint density at radius 3 is 2.62 bits per heavy atom. The summed E-state index contributed by atoms with van der Waals surface area (Å²) in [4.78, 5) is 26.0. The highest BCUT2D eigenvalue weighted by Crippen LogP contribution is 2.28. The molecule has 1 aliphatic heterocycles. The molecule has 132 valence electrons. The number of carbonyl (C=O) groups excluding carboxylic acids is 1. The number of hydrogen-bond acceptors (Lipinski definition) is 4. The van der Waals surface area contributed by atoms with E-state index >= 15 is 0 Å². The summed E-state index contributed by atoms with van der Waals surface area (Å²) in [5, 5.41) is 7.26. The second-order valence-electron chi connectivity index (χ2n) is 7.19. The zero-order valence-electron chi connectivity index (χ0n) is 14.5. The van der Waals surface area contributed by atoms with Crippen molar-refractivity contribution in [3.05, 3.63) is 22.6 Å². The lowest BCUT2D eigenvalue weighted by molar-refractivity contribution is -0.122. The van der Waals surface area contributed by atoms with Crippen LogP contribution >= 0.6 is 0 Å². The van der Waals surface area contributed by atoms with Crippen LogP contribution in [-0.2, 0) is 11.8 Å². The Morgan fingerprint density at radius 2 is 1.96 bits per heavy atom. The third-order valence-electron chi connectivity index (χ3n) is 5.43. The molecule has 2 fully saturated rings. The van der Waals surface area contributed by atoms with Gasteiger partial charge in [-0.15, -0.1) is 0 Å². The molecule has 0 atom stereocenters. The van der Waals surface area contributed by atoms with Gasteiger partial charge in [-0.25, -0.2) is 4.68 Å². The Hall–Kier alpha value is -1.85. The van der Waals surface area contributed by atoms with Gasteiger partial charge in [0.1, 0.15) is 0 Å². The maximum Gasteiger partial charge on any atom is 0.268 e. The lowest BCUT2D eigenvalue weighted by Crippen LogP contribution is -2.45. The summed E-state index contributed by atoms with van der Waals surface area (Å²) in [6.07, 6.45) is 10.6. The molecule has 6 heteroatoms. The molecule has 1 aromatic heterocycles. The molecule has 1 amide bonds. The summed E-state index contributed by atoms with van der Waals surface area (Å²) in [7, 11) is 1.65. The van der Waals surface area contributed by atoms with Crippen LogP contribution in [0, 0.1) is 5.92 Å². The molecule has 1 aromatic rings. The monoisotopic (exact) mass is 332 g/mol. The summed E-state index contributed by atoms with van der Waals surface area (Å²) in [5.74, 6) is 0.974. The van der Waals surface area contributed by atoms with Crippen molar-refractivity contribution < 1.29 is 4.79 Å². The molecule has 1 aliphatic carbocycles. The minimum atomic E-state index is -0.0881. The Balaban J connectivity index is 1.42. The van der Waals surface area contributed by atoms with Gasteiger partial charge < -0.3 is 10.2 Å². The molecule has 1 N–H and O–H groups in total. The van der Waals surface area contributed by atoms with Gasteiger partial charge in [-0.05, 0) is 25.2 Å². The first-order valence-corrected chi connectivity index (χ1v) is 9.19. The first kappa shape index (κ1) is 17.0. The number of hydrogen-bond donors (Lipinski definition) is 1. The van der Waals surface area contributed by atoms with Crippen molar-refractivity contribution in [3.63, 3.8) is 0 Å². The summed E-state index contributed by atoms with van der Waals surface area (Å²) in [5.41, 5.74) is 0.791. The third-order valence-corrected chi connectivity index (χ3v) is 5.43. The molecule has 1 saturated carbocycles. The molecular formula is C18H28N4O2. The molecule has 2 aliphatic rings. The van der Waals surface area contributed by atoms with Crippen LogP contribution in [0.15, 0.2) is 17.1 Å². The Morgan fingerprint density at radius 1 is 1.25 bits per heavy atom. The van der Waals surface area contributed by atoms with Crippen LogP contribution in [0.2, 0.25) is 0 Å². The van der Waals surface area contributed by atoms with E-state index in [1.807, 2.05) is 0 Å². The van der Waals surface area contributed by atoms with E-state index in [1.54, 1.807) is 19.3 Å². The molecular weight excluding hydrogens is 304 g/mol. The van der Waals surface area contributed by atoms with Crippen LogP contribution in [0.1, 0.15) is 51.4 Å². The molecule has 0 radical (unpaired) electrons. The molecule has 3 rings (SSSR count). The highest BCUT2D eigenvalue weighted by molar-refractivity contribution is 5.76. The molecule has 0 unspecified atom stereocenters. The Bertz CT molecular complexity index is 614. The first-order chi connectivity index (χ1) is 11.6. The van der Waals surface area contributed by atoms with E-state index in [2.05, 4.69) is 15.3 Å². The van der Waals surface area contributed by atoms with Crippen molar-refractivity contribution in [2.24, 2.45) is 13.0 Å². The summed E-state index contributed by atoms with van der Waals surface area (Å²) in [6.45, 7) is 1.70. The van der Waals surface area contributed by atoms with Gasteiger partial charge in [-0.1, -0.05) is 25.7 Å². The quantitative estimate of drug-likeness (QED) is 0.893. The predicted molar refractivity (Wildman–Crippen MR) is 94.0 cm³/mol. The highest BCUT2D eigenvalue weighted by Gasteiger charge is 2.22. The topological polar surface area (TPSA) is 67.2 Å².